The van der Waals surface area contributed by atoms with Gasteiger partial charge >= 0.3 is 108 Å². The molecule has 2 aromatic rings. The maximum absolute atomic E-state index is 2.38. The summed E-state index contributed by atoms with van der Waals surface area (Å²) in [6.07, 6.45) is 1.22. The molecule has 2 rings (SSSR count). The average Bonchev–Trinajstić information content (AvgIpc) is 2.31. The molecule has 0 radical (unpaired) electrons. The fourth-order valence-corrected chi connectivity index (χ4v) is 4.73. The van der Waals surface area contributed by atoms with Crippen LogP contribution in [0.3, 0.4) is 0 Å². The summed E-state index contributed by atoms with van der Waals surface area (Å²) in [6.45, 7) is 2.38. The third-order valence-electron chi connectivity index (χ3n) is 2.45. The van der Waals surface area contributed by atoms with Gasteiger partial charge in [-0.05, 0) is 0 Å². The Morgan fingerprint density at radius 1 is 0.875 bits per heavy atom. The first-order chi connectivity index (χ1) is 7.84. The van der Waals surface area contributed by atoms with Crippen LogP contribution in [0.1, 0.15) is 12.5 Å². The van der Waals surface area contributed by atoms with Crippen molar-refractivity contribution < 1.29 is 0 Å². The van der Waals surface area contributed by atoms with Gasteiger partial charge in [0.1, 0.15) is 0 Å². The van der Waals surface area contributed by atoms with E-state index in [0.717, 1.165) is 3.97 Å². The summed E-state index contributed by atoms with van der Waals surface area (Å²) >= 11 is -0.0481. The van der Waals surface area contributed by atoms with Crippen LogP contribution in [0.15, 0.2) is 60.7 Å². The number of hydrogen-bond acceptors (Lipinski definition) is 0. The van der Waals surface area contributed by atoms with E-state index in [1.807, 2.05) is 0 Å². The standard InChI is InChI=1S/C15H16Te/c1-13(12-14-8-4-2-5-9-14)16-15-10-6-3-7-11-15/h2-11,13H,12H2,1H3/t13-/m1/s1. The molecule has 0 amide bonds. The SMILES string of the molecule is C[C@H](Cc1ccccc1)[Te]c1ccccc1. The van der Waals surface area contributed by atoms with E-state index >= 15 is 0 Å². The summed E-state index contributed by atoms with van der Waals surface area (Å²) in [5.41, 5.74) is 1.47. The van der Waals surface area contributed by atoms with E-state index in [-0.39, 0.29) is 20.9 Å². The van der Waals surface area contributed by atoms with E-state index in [4.69, 9.17) is 0 Å². The first-order valence-electron chi connectivity index (χ1n) is 5.60. The van der Waals surface area contributed by atoms with E-state index in [9.17, 15) is 0 Å². The molecule has 0 aliphatic rings. The van der Waals surface area contributed by atoms with Gasteiger partial charge in [0.15, 0.2) is 0 Å². The molecule has 0 aromatic heterocycles. The van der Waals surface area contributed by atoms with Crippen LogP contribution in [-0.4, -0.2) is 20.9 Å². The molecule has 82 valence electrons. The molecular formula is C15H16Te. The van der Waals surface area contributed by atoms with Crippen molar-refractivity contribution in [3.63, 3.8) is 0 Å². The van der Waals surface area contributed by atoms with Crippen LogP contribution < -0.4 is 3.61 Å². The van der Waals surface area contributed by atoms with Crippen LogP contribution in [-0.2, 0) is 6.42 Å². The molecule has 0 aliphatic heterocycles. The van der Waals surface area contributed by atoms with Gasteiger partial charge < -0.3 is 0 Å². The Balaban J connectivity index is 1.92. The summed E-state index contributed by atoms with van der Waals surface area (Å²) in [7, 11) is 0. The monoisotopic (exact) mass is 326 g/mol. The molecule has 0 bridgehead atoms. The second kappa shape index (κ2) is 6.09. The van der Waals surface area contributed by atoms with Gasteiger partial charge in [-0.2, -0.15) is 0 Å². The van der Waals surface area contributed by atoms with Crippen LogP contribution >= 0.6 is 0 Å². The molecule has 1 heteroatoms. The quantitative estimate of drug-likeness (QED) is 0.759. The molecule has 16 heavy (non-hydrogen) atoms. The fraction of sp³-hybridized carbons (Fsp3) is 0.200. The zero-order valence-corrected chi connectivity index (χ0v) is 11.8. The summed E-state index contributed by atoms with van der Waals surface area (Å²) < 4.78 is 2.39. The van der Waals surface area contributed by atoms with E-state index in [2.05, 4.69) is 67.6 Å². The number of benzene rings is 2. The Hall–Kier alpha value is -0.770. The van der Waals surface area contributed by atoms with Gasteiger partial charge in [-0.25, -0.2) is 0 Å². The molecule has 0 unspecified atom stereocenters. The molecule has 0 saturated carbocycles. The van der Waals surface area contributed by atoms with Crippen LogP contribution in [0.5, 0.6) is 0 Å². The fourth-order valence-electron chi connectivity index (χ4n) is 1.72. The minimum absolute atomic E-state index is 0.0481. The van der Waals surface area contributed by atoms with Crippen molar-refractivity contribution >= 4 is 24.5 Å². The Labute approximate surface area is 108 Å². The zero-order valence-electron chi connectivity index (χ0n) is 9.47. The third kappa shape index (κ3) is 3.67. The Kier molecular flexibility index (Phi) is 4.45. The van der Waals surface area contributed by atoms with Crippen molar-refractivity contribution in [1.82, 2.24) is 0 Å². The predicted octanol–water partition coefficient (Wildman–Crippen LogP) is 3.07. The predicted molar refractivity (Wildman–Crippen MR) is 71.4 cm³/mol. The van der Waals surface area contributed by atoms with Crippen LogP contribution in [0, 0.1) is 0 Å². The van der Waals surface area contributed by atoms with Gasteiger partial charge in [-0.15, -0.1) is 0 Å². The molecule has 1 atom stereocenters. The van der Waals surface area contributed by atoms with Gasteiger partial charge in [0.2, 0.25) is 0 Å². The van der Waals surface area contributed by atoms with Gasteiger partial charge in [-0.3, -0.25) is 0 Å². The normalized spacial score (nSPS) is 12.3. The molecule has 0 fully saturated rings. The summed E-state index contributed by atoms with van der Waals surface area (Å²) in [6, 6.07) is 21.7. The van der Waals surface area contributed by atoms with E-state index in [1.54, 1.807) is 3.61 Å². The third-order valence-corrected chi connectivity index (χ3v) is 5.62. The number of hydrogen-bond donors (Lipinski definition) is 0. The Morgan fingerprint density at radius 2 is 1.44 bits per heavy atom. The molecule has 0 saturated heterocycles. The van der Waals surface area contributed by atoms with Gasteiger partial charge in [0.25, 0.3) is 0 Å². The van der Waals surface area contributed by atoms with E-state index < -0.39 is 0 Å². The van der Waals surface area contributed by atoms with Gasteiger partial charge in [-0.1, -0.05) is 0 Å². The van der Waals surface area contributed by atoms with Gasteiger partial charge in [0, 0.05) is 0 Å². The molecule has 0 nitrogen and oxygen atoms in total. The number of rotatable bonds is 4. The van der Waals surface area contributed by atoms with E-state index in [1.165, 1.54) is 12.0 Å². The second-order valence-corrected chi connectivity index (χ2v) is 8.25. The molecule has 2 aromatic carbocycles. The zero-order chi connectivity index (χ0) is 11.2. The minimum atomic E-state index is -0.0481. The molecule has 0 heterocycles. The summed E-state index contributed by atoms with van der Waals surface area (Å²) in [4.78, 5) is 0. The van der Waals surface area contributed by atoms with Crippen molar-refractivity contribution in [3.8, 4) is 0 Å². The molecule has 0 aliphatic carbocycles. The first kappa shape index (κ1) is 11.7. The average molecular weight is 324 g/mol. The van der Waals surface area contributed by atoms with Crippen LogP contribution in [0.4, 0.5) is 0 Å². The summed E-state index contributed by atoms with van der Waals surface area (Å²) in [5, 5.41) is 0. The van der Waals surface area contributed by atoms with Crippen molar-refractivity contribution in [3.05, 3.63) is 66.2 Å². The molecular weight excluding hydrogens is 308 g/mol. The topological polar surface area (TPSA) is 0 Å². The van der Waals surface area contributed by atoms with Crippen LogP contribution in [0.25, 0.3) is 0 Å². The molecule has 0 N–H and O–H groups in total. The van der Waals surface area contributed by atoms with Crippen molar-refractivity contribution in [1.29, 1.82) is 0 Å². The van der Waals surface area contributed by atoms with Crippen molar-refractivity contribution in [2.24, 2.45) is 0 Å². The van der Waals surface area contributed by atoms with E-state index in [0.29, 0.717) is 0 Å². The Bertz CT molecular complexity index is 366. The first-order valence-corrected chi connectivity index (χ1v) is 8.11. The maximum atomic E-state index is 2.38. The Morgan fingerprint density at radius 3 is 2.06 bits per heavy atom. The van der Waals surface area contributed by atoms with Crippen molar-refractivity contribution in [2.75, 3.05) is 0 Å². The van der Waals surface area contributed by atoms with Crippen molar-refractivity contribution in [2.45, 2.75) is 17.3 Å². The van der Waals surface area contributed by atoms with Crippen LogP contribution in [0.2, 0.25) is 3.97 Å². The summed E-state index contributed by atoms with van der Waals surface area (Å²) in [5.74, 6) is 0. The van der Waals surface area contributed by atoms with Gasteiger partial charge in [0.05, 0.1) is 0 Å². The second-order valence-electron chi connectivity index (χ2n) is 3.93. The molecule has 0 spiro atoms.